The highest BCUT2D eigenvalue weighted by Gasteiger charge is 2.25. The molecular formula is C15H22N2O3. The van der Waals surface area contributed by atoms with Gasteiger partial charge in [-0.2, -0.15) is 0 Å². The predicted octanol–water partition coefficient (Wildman–Crippen LogP) is 1.94. The fourth-order valence-corrected chi connectivity index (χ4v) is 2.58. The Morgan fingerprint density at radius 3 is 2.85 bits per heavy atom. The molecule has 1 saturated heterocycles. The molecule has 0 saturated carbocycles. The Morgan fingerprint density at radius 1 is 1.50 bits per heavy atom. The van der Waals surface area contributed by atoms with Gasteiger partial charge in [0.05, 0.1) is 11.7 Å². The van der Waals surface area contributed by atoms with Gasteiger partial charge in [0.15, 0.2) is 0 Å². The highest BCUT2D eigenvalue weighted by molar-refractivity contribution is 5.88. The molecule has 1 aliphatic rings. The monoisotopic (exact) mass is 278 g/mol. The van der Waals surface area contributed by atoms with Crippen molar-refractivity contribution in [2.45, 2.75) is 39.2 Å². The molecule has 0 aliphatic carbocycles. The highest BCUT2D eigenvalue weighted by atomic mass is 16.4. The third-order valence-electron chi connectivity index (χ3n) is 3.80. The van der Waals surface area contributed by atoms with Gasteiger partial charge in [-0.3, -0.25) is 0 Å². The first-order valence-corrected chi connectivity index (χ1v) is 7.18. The minimum Gasteiger partial charge on any atom is -0.478 e. The average molecular weight is 278 g/mol. The number of nitrogens with zero attached hydrogens (tertiary/aromatic N) is 2. The Balaban J connectivity index is 2.28. The molecule has 5 nitrogen and oxygen atoms in total. The fraction of sp³-hybridized carbons (Fsp3) is 0.600. The van der Waals surface area contributed by atoms with Crippen LogP contribution in [0, 0.1) is 5.92 Å². The summed E-state index contributed by atoms with van der Waals surface area (Å²) < 4.78 is 0. The summed E-state index contributed by atoms with van der Waals surface area (Å²) in [5.41, 5.74) is 1.11. The van der Waals surface area contributed by atoms with Crippen molar-refractivity contribution in [1.82, 2.24) is 4.98 Å². The summed E-state index contributed by atoms with van der Waals surface area (Å²) in [6.07, 6.45) is 2.14. The van der Waals surface area contributed by atoms with Gasteiger partial charge in [-0.15, -0.1) is 0 Å². The van der Waals surface area contributed by atoms with Crippen molar-refractivity contribution < 1.29 is 15.0 Å². The number of piperidine rings is 1. The summed E-state index contributed by atoms with van der Waals surface area (Å²) in [4.78, 5) is 17.9. The molecular weight excluding hydrogens is 256 g/mol. The van der Waals surface area contributed by atoms with Crippen LogP contribution >= 0.6 is 0 Å². The number of carboxylic acid groups (broad SMARTS) is 1. The number of carboxylic acids is 1. The zero-order valence-electron chi connectivity index (χ0n) is 12.0. The summed E-state index contributed by atoms with van der Waals surface area (Å²) in [6, 6.07) is 3.28. The maximum absolute atomic E-state index is 11.2. The van der Waals surface area contributed by atoms with E-state index in [0.717, 1.165) is 18.5 Å². The van der Waals surface area contributed by atoms with Gasteiger partial charge in [0, 0.05) is 18.8 Å². The van der Waals surface area contributed by atoms with Gasteiger partial charge < -0.3 is 15.1 Å². The Morgan fingerprint density at radius 2 is 2.25 bits per heavy atom. The second-order valence-electron chi connectivity index (χ2n) is 5.54. The number of pyridine rings is 1. The molecule has 1 aromatic rings. The number of anilines is 1. The molecule has 2 N–H and O–H groups in total. The molecule has 1 aliphatic heterocycles. The van der Waals surface area contributed by atoms with Crippen LogP contribution in [0.25, 0.3) is 0 Å². The second-order valence-corrected chi connectivity index (χ2v) is 5.54. The minimum atomic E-state index is -0.920. The summed E-state index contributed by atoms with van der Waals surface area (Å²) in [6.45, 7) is 5.48. The smallest absolute Gasteiger partial charge is 0.335 e. The fourth-order valence-electron chi connectivity index (χ4n) is 2.58. The largest absolute Gasteiger partial charge is 0.478 e. The van der Waals surface area contributed by atoms with E-state index in [1.807, 2.05) is 13.8 Å². The summed E-state index contributed by atoms with van der Waals surface area (Å²) in [5, 5.41) is 19.0. The van der Waals surface area contributed by atoms with E-state index in [0.29, 0.717) is 25.3 Å². The van der Waals surface area contributed by atoms with Gasteiger partial charge in [-0.05, 0) is 30.9 Å². The van der Waals surface area contributed by atoms with Crippen LogP contribution in [0.5, 0.6) is 0 Å². The van der Waals surface area contributed by atoms with Crippen LogP contribution in [-0.4, -0.2) is 40.4 Å². The maximum Gasteiger partial charge on any atom is 0.335 e. The molecule has 5 heteroatoms. The molecule has 0 radical (unpaired) electrons. The third-order valence-corrected chi connectivity index (χ3v) is 3.80. The molecule has 2 unspecified atom stereocenters. The number of aliphatic hydroxyl groups is 1. The lowest BCUT2D eigenvalue weighted by Crippen LogP contribution is -2.42. The van der Waals surface area contributed by atoms with Gasteiger partial charge in [-0.1, -0.05) is 20.3 Å². The van der Waals surface area contributed by atoms with Crippen molar-refractivity contribution in [2.75, 3.05) is 18.0 Å². The van der Waals surface area contributed by atoms with E-state index in [2.05, 4.69) is 9.88 Å². The molecule has 2 atom stereocenters. The minimum absolute atomic E-state index is 0.175. The number of aromatic carboxylic acids is 1. The molecule has 110 valence electrons. The van der Waals surface area contributed by atoms with E-state index in [-0.39, 0.29) is 17.6 Å². The first-order chi connectivity index (χ1) is 9.51. The van der Waals surface area contributed by atoms with Crippen molar-refractivity contribution in [3.05, 3.63) is 23.4 Å². The number of hydrogen-bond acceptors (Lipinski definition) is 4. The predicted molar refractivity (Wildman–Crippen MR) is 77.2 cm³/mol. The average Bonchev–Trinajstić information content (AvgIpc) is 2.42. The first-order valence-electron chi connectivity index (χ1n) is 7.18. The van der Waals surface area contributed by atoms with Crippen LogP contribution in [-0.2, 0) is 6.42 Å². The lowest BCUT2D eigenvalue weighted by Gasteiger charge is -2.35. The van der Waals surface area contributed by atoms with E-state index in [9.17, 15) is 15.0 Å². The van der Waals surface area contributed by atoms with E-state index < -0.39 is 5.97 Å². The molecule has 2 rings (SSSR count). The first kappa shape index (κ1) is 14.8. The van der Waals surface area contributed by atoms with E-state index >= 15 is 0 Å². The molecule has 1 fully saturated rings. The van der Waals surface area contributed by atoms with Crippen molar-refractivity contribution in [2.24, 2.45) is 5.92 Å². The van der Waals surface area contributed by atoms with E-state index in [1.54, 1.807) is 12.1 Å². The van der Waals surface area contributed by atoms with Crippen molar-refractivity contribution in [1.29, 1.82) is 0 Å². The molecule has 0 amide bonds. The topological polar surface area (TPSA) is 73.7 Å². The van der Waals surface area contributed by atoms with Crippen molar-refractivity contribution in [3.8, 4) is 0 Å². The zero-order valence-corrected chi connectivity index (χ0v) is 12.0. The Labute approximate surface area is 119 Å². The Bertz CT molecular complexity index is 490. The van der Waals surface area contributed by atoms with Crippen LogP contribution < -0.4 is 4.90 Å². The van der Waals surface area contributed by atoms with Crippen LogP contribution in [0.1, 0.15) is 42.7 Å². The van der Waals surface area contributed by atoms with Crippen molar-refractivity contribution in [3.63, 3.8) is 0 Å². The molecule has 0 aromatic carbocycles. The number of rotatable bonds is 4. The van der Waals surface area contributed by atoms with E-state index in [4.69, 9.17) is 0 Å². The highest BCUT2D eigenvalue weighted by Crippen LogP contribution is 2.23. The third kappa shape index (κ3) is 3.28. The molecule has 0 spiro atoms. The Kier molecular flexibility index (Phi) is 4.60. The number of aromatic nitrogens is 1. The summed E-state index contributed by atoms with van der Waals surface area (Å²) in [5.74, 6) is -0.0307. The van der Waals surface area contributed by atoms with Gasteiger partial charge in [0.1, 0.15) is 5.82 Å². The van der Waals surface area contributed by atoms with Gasteiger partial charge in [-0.25, -0.2) is 9.78 Å². The molecule has 2 heterocycles. The number of aliphatic hydroxyl groups excluding tert-OH is 1. The number of aryl methyl sites for hydroxylation is 1. The summed E-state index contributed by atoms with van der Waals surface area (Å²) in [7, 11) is 0. The van der Waals surface area contributed by atoms with E-state index in [1.165, 1.54) is 0 Å². The SMILES string of the molecule is CCCc1cc(C(=O)O)cc(N2CCC(O)C(C)C2)n1. The molecule has 1 aromatic heterocycles. The zero-order chi connectivity index (χ0) is 14.7. The summed E-state index contributed by atoms with van der Waals surface area (Å²) >= 11 is 0. The van der Waals surface area contributed by atoms with Crippen LogP contribution in [0.2, 0.25) is 0 Å². The maximum atomic E-state index is 11.2. The van der Waals surface area contributed by atoms with Gasteiger partial charge >= 0.3 is 5.97 Å². The normalized spacial score (nSPS) is 22.9. The standard InChI is InChI=1S/C15H22N2O3/c1-3-4-12-7-11(15(19)20)8-14(16-12)17-6-5-13(18)10(2)9-17/h7-8,10,13,18H,3-6,9H2,1-2H3,(H,19,20). The molecule has 0 bridgehead atoms. The number of hydrogen-bond donors (Lipinski definition) is 2. The van der Waals surface area contributed by atoms with Gasteiger partial charge in [0.2, 0.25) is 0 Å². The Hall–Kier alpha value is -1.62. The van der Waals surface area contributed by atoms with Gasteiger partial charge in [0.25, 0.3) is 0 Å². The van der Waals surface area contributed by atoms with Crippen LogP contribution in [0.15, 0.2) is 12.1 Å². The quantitative estimate of drug-likeness (QED) is 0.880. The second kappa shape index (κ2) is 6.22. The number of carbonyl (C=O) groups is 1. The van der Waals surface area contributed by atoms with Crippen molar-refractivity contribution >= 4 is 11.8 Å². The lowest BCUT2D eigenvalue weighted by atomic mass is 9.96. The van der Waals surface area contributed by atoms with Crippen LogP contribution in [0.3, 0.4) is 0 Å². The lowest BCUT2D eigenvalue weighted by molar-refractivity contribution is 0.0696. The van der Waals surface area contributed by atoms with Crippen LogP contribution in [0.4, 0.5) is 5.82 Å². The molecule has 20 heavy (non-hydrogen) atoms.